The Morgan fingerprint density at radius 3 is 1.95 bits per heavy atom. The van der Waals surface area contributed by atoms with Gasteiger partial charge in [-0.25, -0.2) is 13.2 Å². The molecule has 225 valence electrons. The molecule has 0 heterocycles. The second kappa shape index (κ2) is 20.5. The Balaban J connectivity index is 0.00000800. The van der Waals surface area contributed by atoms with Crippen LogP contribution in [0.25, 0.3) is 0 Å². The molecule has 14 heteroatoms. The van der Waals surface area contributed by atoms with Gasteiger partial charge in [-0.15, -0.1) is 13.1 Å². The number of benzene rings is 1. The molecule has 0 spiro atoms. The summed E-state index contributed by atoms with van der Waals surface area (Å²) in [4.78, 5) is 44.4. The van der Waals surface area contributed by atoms with Crippen molar-refractivity contribution < 1.29 is 93.3 Å². The monoisotopic (exact) mass is 707 g/mol. The van der Waals surface area contributed by atoms with E-state index in [1.807, 2.05) is 40.1 Å². The Kier molecular flexibility index (Phi) is 18.8. The zero-order chi connectivity index (χ0) is 28.4. The van der Waals surface area contributed by atoms with E-state index in [9.17, 15) is 24.9 Å². The minimum Gasteiger partial charge on any atom is -0.759 e. The van der Waals surface area contributed by atoms with E-state index in [0.29, 0.717) is 26.1 Å². The van der Waals surface area contributed by atoms with E-state index in [2.05, 4.69) is 9.78 Å². The van der Waals surface area contributed by atoms with E-state index in [1.165, 1.54) is 19.4 Å². The average molecular weight is 707 g/mol. The largest absolute Gasteiger partial charge is 3.00 e. The maximum Gasteiger partial charge on any atom is 3.00 e. The number of quaternary nitrogens is 1. The van der Waals surface area contributed by atoms with Crippen LogP contribution in [0.4, 0.5) is 0 Å². The molecule has 1 aromatic rings. The van der Waals surface area contributed by atoms with Gasteiger partial charge in [-0.1, -0.05) is 56.2 Å². The van der Waals surface area contributed by atoms with Gasteiger partial charge in [0, 0.05) is 13.0 Å². The van der Waals surface area contributed by atoms with Gasteiger partial charge in [0.1, 0.15) is 12.8 Å². The summed E-state index contributed by atoms with van der Waals surface area (Å²) in [6.45, 7) is 8.02. The van der Waals surface area contributed by atoms with Gasteiger partial charge in [0.2, 0.25) is 0 Å². The first-order valence-corrected chi connectivity index (χ1v) is 12.4. The number of nitrogens with zero attached hydrogens (tertiary/aromatic N) is 3. The molecule has 1 fully saturated rings. The van der Waals surface area contributed by atoms with Crippen LogP contribution >= 0.6 is 0 Å². The van der Waals surface area contributed by atoms with Crippen molar-refractivity contribution in [2.24, 2.45) is 5.41 Å². The average Bonchev–Trinajstić information content (AvgIpc) is 2.93. The predicted octanol–water partition coefficient (Wildman–Crippen LogP) is -1.15. The number of hydrogen-bond acceptors (Lipinski definition) is 12. The third kappa shape index (κ3) is 12.7. The molecule has 0 bridgehead atoms. The molecule has 0 amide bonds. The van der Waals surface area contributed by atoms with E-state index in [1.54, 1.807) is 7.05 Å². The van der Waals surface area contributed by atoms with Crippen LogP contribution < -0.4 is 10.5 Å². The molecule has 1 atom stereocenters. The van der Waals surface area contributed by atoms with E-state index >= 15 is 0 Å². The van der Waals surface area contributed by atoms with Crippen LogP contribution in [-0.2, 0) is 44.8 Å². The Bertz CT molecular complexity index is 814. The van der Waals surface area contributed by atoms with Gasteiger partial charge in [0.05, 0.1) is 13.6 Å². The molecule has 0 aromatic heterocycles. The van der Waals surface area contributed by atoms with Gasteiger partial charge >= 0.3 is 39.9 Å². The van der Waals surface area contributed by atoms with Crippen LogP contribution in [0.5, 0.6) is 0 Å². The van der Waals surface area contributed by atoms with E-state index in [0.717, 1.165) is 38.0 Å². The van der Waals surface area contributed by atoms with Crippen LogP contribution in [0.15, 0.2) is 30.3 Å². The molecule has 40 heavy (non-hydrogen) atoms. The van der Waals surface area contributed by atoms with Crippen molar-refractivity contribution in [3.05, 3.63) is 49.1 Å². The van der Waals surface area contributed by atoms with Gasteiger partial charge in [-0.3, -0.25) is 9.38 Å². The first-order chi connectivity index (χ1) is 18.9. The zero-order valence-corrected chi connectivity index (χ0v) is 24.7. The van der Waals surface area contributed by atoms with Gasteiger partial charge < -0.3 is 53.8 Å². The molecular formula is C26H35GdN3O10-3. The first kappa shape index (κ1) is 36.7. The van der Waals surface area contributed by atoms with Crippen molar-refractivity contribution in [3.8, 4) is 0 Å². The number of carbonyl (C=O) groups excluding carboxylic acids is 3. The number of likely N-dealkylation sites (N-methyl/N-ethyl adjacent to an activating group) is 1. The topological polar surface area (TPSA) is 150 Å². The molecule has 1 aliphatic carbocycles. The fraction of sp³-hybridized carbons (Fsp3) is 0.577. The SMILES string of the molecule is C[N+](CO[C-]=O)(CO[C-]=O)C(Cc1ccccc1)CN(CO[C-]=O)CC1(CN(C[CH-]O[O-])C[CH-]O[O-])CCC1.[Gd+3]. The fourth-order valence-corrected chi connectivity index (χ4v) is 5.01. The van der Waals surface area contributed by atoms with Crippen LogP contribution in [0, 0.1) is 58.6 Å². The molecule has 0 N–H and O–H groups in total. The summed E-state index contributed by atoms with van der Waals surface area (Å²) in [6.07, 6.45) is 3.24. The van der Waals surface area contributed by atoms with Gasteiger partial charge in [-0.05, 0) is 30.4 Å². The molecule has 1 saturated carbocycles. The Labute approximate surface area is 267 Å². The van der Waals surface area contributed by atoms with Gasteiger partial charge in [0.15, 0.2) is 13.5 Å². The second-order valence-corrected chi connectivity index (χ2v) is 9.98. The summed E-state index contributed by atoms with van der Waals surface area (Å²) >= 11 is 0. The summed E-state index contributed by atoms with van der Waals surface area (Å²) in [5, 5.41) is 21.1. The maximum atomic E-state index is 11.0. The Morgan fingerprint density at radius 2 is 1.48 bits per heavy atom. The normalized spacial score (nSPS) is 15.0. The third-order valence-electron chi connectivity index (χ3n) is 7.14. The molecule has 2 rings (SSSR count). The number of ether oxygens (including phenoxy) is 3. The number of hydrogen-bond donors (Lipinski definition) is 0. The molecule has 1 aromatic carbocycles. The van der Waals surface area contributed by atoms with Crippen molar-refractivity contribution in [2.45, 2.75) is 31.7 Å². The molecule has 0 saturated heterocycles. The Hall–Kier alpha value is -1.33. The smallest absolute Gasteiger partial charge is 0.759 e. The molecule has 1 unspecified atom stereocenters. The Morgan fingerprint density at radius 1 is 0.925 bits per heavy atom. The van der Waals surface area contributed by atoms with Crippen molar-refractivity contribution in [2.75, 3.05) is 60.0 Å². The van der Waals surface area contributed by atoms with Crippen LogP contribution in [0.1, 0.15) is 24.8 Å². The van der Waals surface area contributed by atoms with Crippen molar-refractivity contribution in [1.29, 1.82) is 0 Å². The second-order valence-electron chi connectivity index (χ2n) is 9.98. The third-order valence-corrected chi connectivity index (χ3v) is 7.14. The van der Waals surface area contributed by atoms with Gasteiger partial charge in [-0.2, -0.15) is 0 Å². The van der Waals surface area contributed by atoms with Crippen molar-refractivity contribution in [3.63, 3.8) is 0 Å². The van der Waals surface area contributed by atoms with Crippen LogP contribution in [0.3, 0.4) is 0 Å². The quantitative estimate of drug-likeness (QED) is 0.0319. The first-order valence-electron chi connectivity index (χ1n) is 12.4. The van der Waals surface area contributed by atoms with E-state index < -0.39 is 0 Å². The zero-order valence-electron chi connectivity index (χ0n) is 22.4. The standard InChI is InChI=1S/C26H37N3O10.Gd/c1-29(19-36-22-31,20-37-23-32)25(14-24-6-3-2-4-7-24)15-28(18-35-21-30)17-26(8-5-9-26)16-27(10-12-38-33)11-13-39-34;/h2-4,6-7,12-13,25,33-34H,5,8-11,14-20H2,1H3;/q-4;+3/p-2. The molecule has 1 aliphatic rings. The summed E-state index contributed by atoms with van der Waals surface area (Å²) < 4.78 is 15.0. The summed E-state index contributed by atoms with van der Waals surface area (Å²) in [7, 11) is 1.78. The summed E-state index contributed by atoms with van der Waals surface area (Å²) in [5.74, 6) is 0. The number of rotatable bonds is 24. The molecule has 13 nitrogen and oxygen atoms in total. The predicted molar refractivity (Wildman–Crippen MR) is 130 cm³/mol. The molecule has 1 radical (unpaired) electrons. The minimum absolute atomic E-state index is 0. The molecule has 0 aliphatic heterocycles. The fourth-order valence-electron chi connectivity index (χ4n) is 5.01. The summed E-state index contributed by atoms with van der Waals surface area (Å²) in [5.41, 5.74) is 0.770. The van der Waals surface area contributed by atoms with E-state index in [-0.39, 0.29) is 89.2 Å². The van der Waals surface area contributed by atoms with Crippen LogP contribution in [0.2, 0.25) is 0 Å². The van der Waals surface area contributed by atoms with E-state index in [4.69, 9.17) is 14.2 Å². The van der Waals surface area contributed by atoms with Gasteiger partial charge in [0.25, 0.3) is 0 Å². The van der Waals surface area contributed by atoms with Crippen molar-refractivity contribution >= 4 is 19.4 Å². The summed E-state index contributed by atoms with van der Waals surface area (Å²) in [6, 6.07) is 9.36. The maximum absolute atomic E-state index is 11.0. The minimum atomic E-state index is -0.290. The van der Waals surface area contributed by atoms with Crippen molar-refractivity contribution in [1.82, 2.24) is 9.80 Å². The molecular weight excluding hydrogens is 672 g/mol. The van der Waals surface area contributed by atoms with Crippen LogP contribution in [-0.4, -0.2) is 99.7 Å².